The first-order valence-electron chi connectivity index (χ1n) is 12.2. The summed E-state index contributed by atoms with van der Waals surface area (Å²) in [6.45, 7) is 12.0. The Morgan fingerprint density at radius 3 is 2.56 bits per heavy atom. The number of alkyl carbamates (subject to hydrolysis) is 1. The number of nitrogens with one attached hydrogen (secondary N) is 1. The monoisotopic (exact) mass is 502 g/mol. The van der Waals surface area contributed by atoms with Crippen LogP contribution in [0.1, 0.15) is 59.9 Å². The van der Waals surface area contributed by atoms with E-state index >= 15 is 0 Å². The maximum Gasteiger partial charge on any atom is 0.407 e. The topological polar surface area (TPSA) is 127 Å². The molecule has 198 valence electrons. The van der Waals surface area contributed by atoms with E-state index in [0.717, 1.165) is 23.1 Å². The maximum atomic E-state index is 12.5. The van der Waals surface area contributed by atoms with Crippen molar-refractivity contribution in [2.45, 2.75) is 90.8 Å². The third-order valence-electron chi connectivity index (χ3n) is 5.36. The minimum atomic E-state index is -1.000. The van der Waals surface area contributed by atoms with Crippen LogP contribution in [0.5, 0.6) is 5.75 Å². The fourth-order valence-corrected chi connectivity index (χ4v) is 3.84. The second kappa shape index (κ2) is 11.3. The van der Waals surface area contributed by atoms with Gasteiger partial charge in [-0.3, -0.25) is 9.52 Å². The van der Waals surface area contributed by atoms with Crippen molar-refractivity contribution in [3.63, 3.8) is 0 Å². The van der Waals surface area contributed by atoms with Crippen LogP contribution < -0.4 is 16.0 Å². The van der Waals surface area contributed by atoms with Crippen LogP contribution in [0, 0.1) is 0 Å². The molecule has 0 saturated carbocycles. The highest BCUT2D eigenvalue weighted by molar-refractivity contribution is 5.76. The third kappa shape index (κ3) is 7.96. The summed E-state index contributed by atoms with van der Waals surface area (Å²) in [6, 6.07) is 5.92. The summed E-state index contributed by atoms with van der Waals surface area (Å²) >= 11 is 0. The number of benzene rings is 1. The first-order valence-corrected chi connectivity index (χ1v) is 12.2. The van der Waals surface area contributed by atoms with Crippen molar-refractivity contribution in [2.75, 3.05) is 6.54 Å². The molecule has 0 saturated heterocycles. The highest BCUT2D eigenvalue weighted by Crippen LogP contribution is 2.33. The summed E-state index contributed by atoms with van der Waals surface area (Å²) < 4.78 is 18.6. The summed E-state index contributed by atoms with van der Waals surface area (Å²) in [6.07, 6.45) is 3.85. The molecule has 0 unspecified atom stereocenters. The average molecular weight is 503 g/mol. The molecular formula is C26H38N4O6. The molecule has 3 N–H and O–H groups in total. The second-order valence-electron chi connectivity index (χ2n) is 10.9. The fourth-order valence-electron chi connectivity index (χ4n) is 3.84. The number of esters is 1. The summed E-state index contributed by atoms with van der Waals surface area (Å²) in [5.41, 5.74) is 1.89. The summed E-state index contributed by atoms with van der Waals surface area (Å²) in [5, 5.41) is 7.19. The van der Waals surface area contributed by atoms with E-state index in [1.165, 1.54) is 0 Å². The first-order chi connectivity index (χ1) is 16.8. The van der Waals surface area contributed by atoms with E-state index in [-0.39, 0.29) is 0 Å². The van der Waals surface area contributed by atoms with Crippen molar-refractivity contribution in [1.82, 2.24) is 15.1 Å². The van der Waals surface area contributed by atoms with Gasteiger partial charge in [-0.05, 0) is 84.1 Å². The number of nitrogens with two attached hydrogens (primary N) is 1. The lowest BCUT2D eigenvalue weighted by molar-refractivity contribution is -0.176. The van der Waals surface area contributed by atoms with E-state index in [2.05, 4.69) is 16.5 Å². The van der Waals surface area contributed by atoms with Gasteiger partial charge >= 0.3 is 12.1 Å². The Bertz CT molecular complexity index is 1050. The van der Waals surface area contributed by atoms with Crippen molar-refractivity contribution in [2.24, 2.45) is 5.90 Å². The van der Waals surface area contributed by atoms with Crippen LogP contribution in [-0.2, 0) is 32.1 Å². The Labute approximate surface area is 212 Å². The van der Waals surface area contributed by atoms with Crippen LogP contribution in [0.15, 0.2) is 30.6 Å². The van der Waals surface area contributed by atoms with Crippen LogP contribution >= 0.6 is 0 Å². The van der Waals surface area contributed by atoms with Crippen molar-refractivity contribution >= 4 is 12.1 Å². The van der Waals surface area contributed by atoms with Gasteiger partial charge < -0.3 is 19.5 Å². The molecule has 1 amide bonds. The molecule has 2 heterocycles. The molecule has 1 aromatic carbocycles. The van der Waals surface area contributed by atoms with E-state index in [9.17, 15) is 9.59 Å². The van der Waals surface area contributed by atoms with E-state index in [1.54, 1.807) is 20.8 Å². The van der Waals surface area contributed by atoms with Gasteiger partial charge in [-0.2, -0.15) is 5.10 Å². The fraction of sp³-hybridized carbons (Fsp3) is 0.577. The van der Waals surface area contributed by atoms with Crippen molar-refractivity contribution < 1.29 is 28.6 Å². The van der Waals surface area contributed by atoms with E-state index in [1.807, 2.05) is 50.0 Å². The molecule has 2 aromatic rings. The van der Waals surface area contributed by atoms with Gasteiger partial charge in [0.2, 0.25) is 6.10 Å². The Kier molecular flexibility index (Phi) is 8.63. The third-order valence-corrected chi connectivity index (χ3v) is 5.36. The molecule has 36 heavy (non-hydrogen) atoms. The quantitative estimate of drug-likeness (QED) is 0.317. The number of ether oxygens (including phenoxy) is 3. The molecule has 0 fully saturated rings. The molecule has 2 atom stereocenters. The van der Waals surface area contributed by atoms with Crippen LogP contribution in [0.25, 0.3) is 11.1 Å². The Hall–Kier alpha value is -3.11. The summed E-state index contributed by atoms with van der Waals surface area (Å²) in [7, 11) is 0. The Morgan fingerprint density at radius 2 is 1.89 bits per heavy atom. The smallest absolute Gasteiger partial charge is 0.407 e. The number of amides is 1. The molecule has 0 radical (unpaired) electrons. The normalized spacial score (nSPS) is 16.5. The SMILES string of the molecule is CC(C)(C)OC(=O)NCCCn1cc(-c2ccc3c(c2)CC[C@H]([C@H](ON)C(=O)OC(C)(C)C)O3)cn1. The van der Waals surface area contributed by atoms with E-state index in [0.29, 0.717) is 31.7 Å². The molecule has 10 nitrogen and oxygen atoms in total. The Morgan fingerprint density at radius 1 is 1.17 bits per heavy atom. The van der Waals surface area contributed by atoms with Crippen LogP contribution in [0.4, 0.5) is 4.79 Å². The number of nitrogens with zero attached hydrogens (tertiary/aromatic N) is 2. The lowest BCUT2D eigenvalue weighted by atomic mass is 9.96. The summed E-state index contributed by atoms with van der Waals surface area (Å²) in [4.78, 5) is 29.2. The molecule has 1 aromatic heterocycles. The maximum absolute atomic E-state index is 12.5. The van der Waals surface area contributed by atoms with Crippen LogP contribution in [-0.4, -0.2) is 51.8 Å². The number of carbonyl (C=O) groups is 2. The molecule has 0 aliphatic carbocycles. The number of hydrogen-bond donors (Lipinski definition) is 2. The lowest BCUT2D eigenvalue weighted by Crippen LogP contribution is -2.46. The van der Waals surface area contributed by atoms with Gasteiger partial charge in [-0.15, -0.1) is 0 Å². The number of aryl methyl sites for hydroxylation is 2. The predicted molar refractivity (Wildman–Crippen MR) is 134 cm³/mol. The zero-order chi connectivity index (χ0) is 26.5. The van der Waals surface area contributed by atoms with E-state index in [4.69, 9.17) is 24.9 Å². The molecule has 3 rings (SSSR count). The molecule has 1 aliphatic heterocycles. The minimum Gasteiger partial charge on any atom is -0.487 e. The molecular weight excluding hydrogens is 464 g/mol. The predicted octanol–water partition coefficient (Wildman–Crippen LogP) is 3.76. The first kappa shape index (κ1) is 27.5. The highest BCUT2D eigenvalue weighted by atomic mass is 16.7. The minimum absolute atomic E-state index is 0.419. The zero-order valence-corrected chi connectivity index (χ0v) is 22.0. The highest BCUT2D eigenvalue weighted by Gasteiger charge is 2.36. The van der Waals surface area contributed by atoms with Gasteiger partial charge in [0.25, 0.3) is 0 Å². The number of hydrogen-bond acceptors (Lipinski definition) is 8. The number of carbonyl (C=O) groups excluding carboxylic acids is 2. The lowest BCUT2D eigenvalue weighted by Gasteiger charge is -2.31. The van der Waals surface area contributed by atoms with Crippen molar-refractivity contribution in [3.8, 4) is 16.9 Å². The van der Waals surface area contributed by atoms with Gasteiger partial charge in [0.1, 0.15) is 23.1 Å². The average Bonchev–Trinajstić information content (AvgIpc) is 3.23. The molecule has 10 heteroatoms. The second-order valence-corrected chi connectivity index (χ2v) is 10.9. The van der Waals surface area contributed by atoms with E-state index < -0.39 is 35.5 Å². The Balaban J connectivity index is 1.56. The number of rotatable bonds is 8. The van der Waals surface area contributed by atoms with Gasteiger partial charge in [0.05, 0.1) is 6.20 Å². The summed E-state index contributed by atoms with van der Waals surface area (Å²) in [5.74, 6) is 5.57. The van der Waals surface area contributed by atoms with Crippen molar-refractivity contribution in [1.29, 1.82) is 0 Å². The largest absolute Gasteiger partial charge is 0.487 e. The molecule has 1 aliphatic rings. The van der Waals surface area contributed by atoms with Crippen LogP contribution in [0.3, 0.4) is 0 Å². The van der Waals surface area contributed by atoms with Gasteiger partial charge in [-0.1, -0.05) is 6.07 Å². The standard InChI is InChI=1S/C26H38N4O6/c1-25(2,3)34-23(31)22(36-27)21-11-9-18-14-17(8-10-20(18)33-21)19-15-29-30(16-19)13-7-12-28-24(32)35-26(4,5)6/h8,10,14-16,21-22H,7,9,11-13,27H2,1-6H3,(H,28,32)/t21-,22+/m1/s1. The van der Waals surface area contributed by atoms with Gasteiger partial charge in [-0.25, -0.2) is 15.5 Å². The number of aromatic nitrogens is 2. The zero-order valence-electron chi connectivity index (χ0n) is 22.0. The molecule has 0 bridgehead atoms. The molecule has 0 spiro atoms. The van der Waals surface area contributed by atoms with Crippen LogP contribution in [0.2, 0.25) is 0 Å². The van der Waals surface area contributed by atoms with Gasteiger partial charge in [0.15, 0.2) is 0 Å². The number of fused-ring (bicyclic) bond motifs is 1. The van der Waals surface area contributed by atoms with Crippen molar-refractivity contribution in [3.05, 3.63) is 36.2 Å². The van der Waals surface area contributed by atoms with Gasteiger partial charge in [0, 0.05) is 24.8 Å².